The second-order valence-electron chi connectivity index (χ2n) is 4.64. The summed E-state index contributed by atoms with van der Waals surface area (Å²) in [5, 5.41) is 6.32. The molecule has 3 N–H and O–H groups in total. The fraction of sp³-hybridized carbons (Fsp3) is 0.615. The number of aromatic nitrogens is 1. The van der Waals surface area contributed by atoms with Crippen molar-refractivity contribution >= 4 is 5.91 Å². The summed E-state index contributed by atoms with van der Waals surface area (Å²) in [7, 11) is 0. The maximum absolute atomic E-state index is 12.1. The highest BCUT2D eigenvalue weighted by Crippen LogP contribution is 2.14. The second-order valence-corrected chi connectivity index (χ2v) is 4.64. The topological polar surface area (TPSA) is 66.2 Å². The third-order valence-corrected chi connectivity index (χ3v) is 3.20. The first kappa shape index (κ1) is 13.1. The van der Waals surface area contributed by atoms with Crippen LogP contribution >= 0.6 is 0 Å². The van der Waals surface area contributed by atoms with Gasteiger partial charge in [0, 0.05) is 25.0 Å². The summed E-state index contributed by atoms with van der Waals surface area (Å²) >= 11 is 0. The van der Waals surface area contributed by atoms with E-state index in [9.17, 15) is 4.79 Å². The Labute approximate surface area is 107 Å². The van der Waals surface area contributed by atoms with E-state index in [1.165, 1.54) is 0 Å². The number of hydrogen-bond acceptors (Lipinski definition) is 3. The van der Waals surface area contributed by atoms with Gasteiger partial charge in [0.15, 0.2) is 0 Å². The Bertz CT molecular complexity index is 364. The molecule has 1 aliphatic heterocycles. The van der Waals surface area contributed by atoms with Crippen molar-refractivity contribution in [1.29, 1.82) is 0 Å². The van der Waals surface area contributed by atoms with Crippen LogP contribution in [0.5, 0.6) is 0 Å². The van der Waals surface area contributed by atoms with Crippen LogP contribution in [0.25, 0.3) is 0 Å². The highest BCUT2D eigenvalue weighted by molar-refractivity contribution is 5.79. The molecule has 0 spiro atoms. The summed E-state index contributed by atoms with van der Waals surface area (Å²) < 4.78 is 5.40. The number of nitrogens with one attached hydrogen (secondary N) is 3. The molecule has 0 saturated carbocycles. The van der Waals surface area contributed by atoms with Gasteiger partial charge >= 0.3 is 0 Å². The van der Waals surface area contributed by atoms with Crippen molar-refractivity contribution in [2.75, 3.05) is 19.8 Å². The van der Waals surface area contributed by atoms with E-state index in [1.807, 2.05) is 18.5 Å². The van der Waals surface area contributed by atoms with Gasteiger partial charge in [-0.05, 0) is 24.6 Å². The summed E-state index contributed by atoms with van der Waals surface area (Å²) in [6, 6.07) is 2.11. The van der Waals surface area contributed by atoms with E-state index in [0.29, 0.717) is 19.8 Å². The van der Waals surface area contributed by atoms with Gasteiger partial charge in [0.25, 0.3) is 0 Å². The van der Waals surface area contributed by atoms with Crippen LogP contribution in [-0.2, 0) is 16.1 Å². The molecule has 2 rings (SSSR count). The predicted octanol–water partition coefficient (Wildman–Crippen LogP) is 0.646. The minimum atomic E-state index is -0.0736. The number of carbonyl (C=O) groups excluding carboxylic acids is 1. The van der Waals surface area contributed by atoms with Crippen LogP contribution in [0.3, 0.4) is 0 Å². The fourth-order valence-electron chi connectivity index (χ4n) is 2.13. The molecule has 0 aliphatic carbocycles. The molecule has 100 valence electrons. The number of aromatic amines is 1. The number of hydrogen-bond donors (Lipinski definition) is 3. The van der Waals surface area contributed by atoms with Crippen molar-refractivity contribution in [1.82, 2.24) is 15.6 Å². The van der Waals surface area contributed by atoms with Crippen molar-refractivity contribution in [3.05, 3.63) is 24.0 Å². The molecule has 5 nitrogen and oxygen atoms in total. The van der Waals surface area contributed by atoms with Crippen LogP contribution in [0.2, 0.25) is 0 Å². The van der Waals surface area contributed by atoms with E-state index >= 15 is 0 Å². The molecule has 1 aromatic heterocycles. The molecule has 1 saturated heterocycles. The molecule has 1 fully saturated rings. The maximum atomic E-state index is 12.1. The number of ether oxygens (including phenoxy) is 1. The van der Waals surface area contributed by atoms with Gasteiger partial charge in [-0.2, -0.15) is 0 Å². The molecule has 0 aromatic carbocycles. The maximum Gasteiger partial charge on any atom is 0.227 e. The molecule has 5 heteroatoms. The van der Waals surface area contributed by atoms with E-state index in [0.717, 1.165) is 18.5 Å². The lowest BCUT2D eigenvalue weighted by Gasteiger charge is -2.18. The Kier molecular flexibility index (Phi) is 4.78. The average Bonchev–Trinajstić information content (AvgIpc) is 3.04. The number of carbonyl (C=O) groups is 1. The Balaban J connectivity index is 1.80. The number of rotatable bonds is 6. The summed E-state index contributed by atoms with van der Waals surface area (Å²) in [5.74, 6) is -0.00204. The molecule has 1 aliphatic rings. The Morgan fingerprint density at radius 1 is 1.56 bits per heavy atom. The zero-order valence-electron chi connectivity index (χ0n) is 10.7. The number of amides is 1. The molecular weight excluding hydrogens is 230 g/mol. The summed E-state index contributed by atoms with van der Waals surface area (Å²) in [6.45, 7) is 4.75. The second kappa shape index (κ2) is 6.56. The zero-order chi connectivity index (χ0) is 12.8. The minimum Gasteiger partial charge on any atom is -0.379 e. The van der Waals surface area contributed by atoms with E-state index in [2.05, 4.69) is 22.5 Å². The van der Waals surface area contributed by atoms with E-state index in [1.54, 1.807) is 0 Å². The third-order valence-electron chi connectivity index (χ3n) is 3.20. The largest absolute Gasteiger partial charge is 0.379 e. The molecule has 0 bridgehead atoms. The monoisotopic (exact) mass is 251 g/mol. The molecule has 2 heterocycles. The Hall–Kier alpha value is -1.33. The lowest BCUT2D eigenvalue weighted by atomic mass is 10.0. The van der Waals surface area contributed by atoms with E-state index < -0.39 is 0 Å². The first-order valence-corrected chi connectivity index (χ1v) is 6.51. The highest BCUT2D eigenvalue weighted by atomic mass is 16.5. The van der Waals surface area contributed by atoms with Crippen LogP contribution in [0, 0.1) is 5.92 Å². The van der Waals surface area contributed by atoms with Gasteiger partial charge in [0.05, 0.1) is 19.1 Å². The molecule has 1 amide bonds. The van der Waals surface area contributed by atoms with Gasteiger partial charge in [0.2, 0.25) is 5.91 Å². The van der Waals surface area contributed by atoms with Gasteiger partial charge in [-0.3, -0.25) is 4.79 Å². The lowest BCUT2D eigenvalue weighted by molar-refractivity contribution is -0.125. The van der Waals surface area contributed by atoms with E-state index in [4.69, 9.17) is 4.74 Å². The van der Waals surface area contributed by atoms with E-state index in [-0.39, 0.29) is 17.9 Å². The zero-order valence-corrected chi connectivity index (χ0v) is 10.7. The normalized spacial score (nSPS) is 23.2. The van der Waals surface area contributed by atoms with Gasteiger partial charge in [-0.1, -0.05) is 6.92 Å². The van der Waals surface area contributed by atoms with Crippen molar-refractivity contribution in [2.24, 2.45) is 5.92 Å². The van der Waals surface area contributed by atoms with Crippen molar-refractivity contribution in [3.63, 3.8) is 0 Å². The Morgan fingerprint density at radius 2 is 2.44 bits per heavy atom. The molecular formula is C13H21N3O2. The van der Waals surface area contributed by atoms with Crippen LogP contribution in [0.1, 0.15) is 18.9 Å². The third kappa shape index (κ3) is 3.34. The van der Waals surface area contributed by atoms with Crippen molar-refractivity contribution in [3.8, 4) is 0 Å². The first-order chi connectivity index (χ1) is 8.81. The van der Waals surface area contributed by atoms with Crippen molar-refractivity contribution < 1.29 is 9.53 Å². The molecule has 2 unspecified atom stereocenters. The summed E-state index contributed by atoms with van der Waals surface area (Å²) in [5.41, 5.74) is 1.08. The first-order valence-electron chi connectivity index (χ1n) is 6.51. The fourth-order valence-corrected chi connectivity index (χ4v) is 2.13. The summed E-state index contributed by atoms with van der Waals surface area (Å²) in [4.78, 5) is 15.0. The highest BCUT2D eigenvalue weighted by Gasteiger charge is 2.33. The van der Waals surface area contributed by atoms with Crippen LogP contribution in [0.15, 0.2) is 18.5 Å². The quantitative estimate of drug-likeness (QED) is 0.695. The number of H-pyrrole nitrogens is 1. The van der Waals surface area contributed by atoms with Gasteiger partial charge in [-0.15, -0.1) is 0 Å². The van der Waals surface area contributed by atoms with Gasteiger partial charge < -0.3 is 20.4 Å². The standard InChI is InChI=1S/C13H21N3O2/c1-2-4-15-12-9-18-8-11(12)13(17)16-7-10-3-5-14-6-10/h3,5-6,11-12,14-15H,2,4,7-9H2,1H3,(H,16,17). The van der Waals surface area contributed by atoms with Gasteiger partial charge in [-0.25, -0.2) is 0 Å². The van der Waals surface area contributed by atoms with Crippen molar-refractivity contribution in [2.45, 2.75) is 25.9 Å². The van der Waals surface area contributed by atoms with Crippen LogP contribution < -0.4 is 10.6 Å². The molecule has 18 heavy (non-hydrogen) atoms. The molecule has 1 aromatic rings. The smallest absolute Gasteiger partial charge is 0.227 e. The van der Waals surface area contributed by atoms with Crippen LogP contribution in [0.4, 0.5) is 0 Å². The lowest BCUT2D eigenvalue weighted by Crippen LogP contribution is -2.44. The SMILES string of the molecule is CCCNC1COCC1C(=O)NCc1cc[nH]c1. The van der Waals surface area contributed by atoms with Gasteiger partial charge in [0.1, 0.15) is 0 Å². The summed E-state index contributed by atoms with van der Waals surface area (Å²) in [6.07, 6.45) is 4.80. The molecule has 0 radical (unpaired) electrons. The average molecular weight is 251 g/mol. The Morgan fingerprint density at radius 3 is 3.17 bits per heavy atom. The minimum absolute atomic E-state index is 0.0716. The molecule has 2 atom stereocenters. The van der Waals surface area contributed by atoms with Crippen LogP contribution in [-0.4, -0.2) is 36.7 Å². The predicted molar refractivity (Wildman–Crippen MR) is 69.0 cm³/mol.